The molecule has 2 aromatic rings. The number of hydrogen-bond acceptors (Lipinski definition) is 4. The van der Waals surface area contributed by atoms with Gasteiger partial charge in [0, 0.05) is 18.5 Å². The van der Waals surface area contributed by atoms with Crippen molar-refractivity contribution in [2.75, 3.05) is 20.2 Å². The lowest BCUT2D eigenvalue weighted by molar-refractivity contribution is 0.143. The summed E-state index contributed by atoms with van der Waals surface area (Å²) in [5, 5.41) is 3.41. The van der Waals surface area contributed by atoms with Gasteiger partial charge in [-0.3, -0.25) is 0 Å². The Morgan fingerprint density at radius 3 is 2.67 bits per heavy atom. The second-order valence-electron chi connectivity index (χ2n) is 5.24. The predicted molar refractivity (Wildman–Crippen MR) is 81.6 cm³/mol. The van der Waals surface area contributed by atoms with Crippen molar-refractivity contribution in [3.05, 3.63) is 54.2 Å². The minimum Gasteiger partial charge on any atom is -0.484 e. The zero-order valence-electron chi connectivity index (χ0n) is 12.2. The summed E-state index contributed by atoms with van der Waals surface area (Å²) in [6, 6.07) is 14.1. The van der Waals surface area contributed by atoms with E-state index in [2.05, 4.69) is 34.6 Å². The number of nitrogens with zero attached hydrogens (tertiary/aromatic N) is 1. The first-order chi connectivity index (χ1) is 10.4. The molecule has 1 saturated heterocycles. The molecule has 1 aromatic carbocycles. The standard InChI is InChI=1S/C17H20N2O2/c1-20-16-8-7-15(12-19-16)21-17(14-9-10-18-11-14)13-5-3-2-4-6-13/h2-8,12,14,17-18H,9-11H2,1H3. The quantitative estimate of drug-likeness (QED) is 0.917. The van der Waals surface area contributed by atoms with Gasteiger partial charge >= 0.3 is 0 Å². The van der Waals surface area contributed by atoms with Crippen LogP contribution in [-0.2, 0) is 0 Å². The van der Waals surface area contributed by atoms with Crippen molar-refractivity contribution in [1.29, 1.82) is 0 Å². The molecule has 2 unspecified atom stereocenters. The van der Waals surface area contributed by atoms with Crippen molar-refractivity contribution in [3.8, 4) is 11.6 Å². The Bertz CT molecular complexity index is 551. The first-order valence-corrected chi connectivity index (χ1v) is 7.29. The fourth-order valence-corrected chi connectivity index (χ4v) is 2.72. The number of rotatable bonds is 5. The van der Waals surface area contributed by atoms with Crippen LogP contribution in [0.2, 0.25) is 0 Å². The highest BCUT2D eigenvalue weighted by atomic mass is 16.5. The highest BCUT2D eigenvalue weighted by molar-refractivity contribution is 5.26. The summed E-state index contributed by atoms with van der Waals surface area (Å²) in [5.74, 6) is 1.85. The average molecular weight is 284 g/mol. The van der Waals surface area contributed by atoms with Crippen molar-refractivity contribution in [3.63, 3.8) is 0 Å². The monoisotopic (exact) mass is 284 g/mol. The molecule has 1 aliphatic heterocycles. The van der Waals surface area contributed by atoms with Crippen molar-refractivity contribution in [2.45, 2.75) is 12.5 Å². The Balaban J connectivity index is 1.81. The van der Waals surface area contributed by atoms with Crippen molar-refractivity contribution < 1.29 is 9.47 Å². The molecule has 1 aliphatic rings. The molecule has 4 heteroatoms. The van der Waals surface area contributed by atoms with Gasteiger partial charge in [-0.15, -0.1) is 0 Å². The lowest BCUT2D eigenvalue weighted by Gasteiger charge is -2.24. The second kappa shape index (κ2) is 6.59. The van der Waals surface area contributed by atoms with Crippen LogP contribution in [0.4, 0.5) is 0 Å². The molecule has 2 heterocycles. The Morgan fingerprint density at radius 1 is 1.19 bits per heavy atom. The second-order valence-corrected chi connectivity index (χ2v) is 5.24. The summed E-state index contributed by atoms with van der Waals surface area (Å²) in [6.07, 6.45) is 2.90. The lowest BCUT2D eigenvalue weighted by Crippen LogP contribution is -2.21. The number of methoxy groups -OCH3 is 1. The molecular formula is C17H20N2O2. The van der Waals surface area contributed by atoms with E-state index in [1.807, 2.05) is 18.2 Å². The van der Waals surface area contributed by atoms with Gasteiger partial charge in [0.2, 0.25) is 5.88 Å². The summed E-state index contributed by atoms with van der Waals surface area (Å²) in [4.78, 5) is 4.21. The van der Waals surface area contributed by atoms with Gasteiger partial charge in [-0.2, -0.15) is 0 Å². The maximum absolute atomic E-state index is 6.23. The zero-order valence-corrected chi connectivity index (χ0v) is 12.2. The van der Waals surface area contributed by atoms with Crippen molar-refractivity contribution in [1.82, 2.24) is 10.3 Å². The van der Waals surface area contributed by atoms with Crippen molar-refractivity contribution >= 4 is 0 Å². The largest absolute Gasteiger partial charge is 0.484 e. The topological polar surface area (TPSA) is 43.4 Å². The Kier molecular flexibility index (Phi) is 4.36. The number of benzene rings is 1. The smallest absolute Gasteiger partial charge is 0.213 e. The van der Waals surface area contributed by atoms with E-state index in [-0.39, 0.29) is 6.10 Å². The van der Waals surface area contributed by atoms with Crippen LogP contribution in [0.25, 0.3) is 0 Å². The van der Waals surface area contributed by atoms with E-state index in [9.17, 15) is 0 Å². The van der Waals surface area contributed by atoms with E-state index in [1.54, 1.807) is 13.3 Å². The molecule has 0 saturated carbocycles. The van der Waals surface area contributed by atoms with Gasteiger partial charge in [-0.05, 0) is 24.6 Å². The molecule has 3 rings (SSSR count). The van der Waals surface area contributed by atoms with Gasteiger partial charge in [-0.25, -0.2) is 4.98 Å². The van der Waals surface area contributed by atoms with Gasteiger partial charge in [0.1, 0.15) is 11.9 Å². The molecule has 1 fully saturated rings. The third-order valence-electron chi connectivity index (χ3n) is 3.84. The van der Waals surface area contributed by atoms with Crippen molar-refractivity contribution in [2.24, 2.45) is 5.92 Å². The summed E-state index contributed by atoms with van der Waals surface area (Å²) >= 11 is 0. The predicted octanol–water partition coefficient (Wildman–Crippen LogP) is 2.82. The van der Waals surface area contributed by atoms with E-state index in [4.69, 9.17) is 9.47 Å². The number of ether oxygens (including phenoxy) is 2. The third kappa shape index (κ3) is 3.34. The maximum atomic E-state index is 6.23. The van der Waals surface area contributed by atoms with Gasteiger partial charge in [0.25, 0.3) is 0 Å². The Labute approximate surface area is 125 Å². The molecule has 1 aromatic heterocycles. The van der Waals surface area contributed by atoms with Crippen LogP contribution in [-0.4, -0.2) is 25.2 Å². The molecule has 1 N–H and O–H groups in total. The van der Waals surface area contributed by atoms with E-state index < -0.39 is 0 Å². The fourth-order valence-electron chi connectivity index (χ4n) is 2.72. The molecule has 0 aliphatic carbocycles. The zero-order chi connectivity index (χ0) is 14.5. The average Bonchev–Trinajstić information content (AvgIpc) is 3.08. The van der Waals surface area contributed by atoms with E-state index in [0.717, 1.165) is 25.3 Å². The molecule has 21 heavy (non-hydrogen) atoms. The summed E-state index contributed by atoms with van der Waals surface area (Å²) < 4.78 is 11.3. The van der Waals surface area contributed by atoms with Gasteiger partial charge in [-0.1, -0.05) is 30.3 Å². The van der Waals surface area contributed by atoms with Crippen LogP contribution < -0.4 is 14.8 Å². The first-order valence-electron chi connectivity index (χ1n) is 7.29. The maximum Gasteiger partial charge on any atom is 0.213 e. The highest BCUT2D eigenvalue weighted by Gasteiger charge is 2.28. The molecule has 4 nitrogen and oxygen atoms in total. The Hall–Kier alpha value is -2.07. The van der Waals surface area contributed by atoms with E-state index in [0.29, 0.717) is 11.8 Å². The van der Waals surface area contributed by atoms with Crippen LogP contribution in [0.5, 0.6) is 11.6 Å². The SMILES string of the molecule is COc1ccc(OC(c2ccccc2)C2CCNC2)cn1. The summed E-state index contributed by atoms with van der Waals surface area (Å²) in [7, 11) is 1.61. The van der Waals surface area contributed by atoms with Gasteiger partial charge in [0.15, 0.2) is 0 Å². The van der Waals surface area contributed by atoms with Gasteiger partial charge < -0.3 is 14.8 Å². The molecule has 110 valence electrons. The van der Waals surface area contributed by atoms with Crippen LogP contribution in [0.3, 0.4) is 0 Å². The molecule has 0 radical (unpaired) electrons. The minimum absolute atomic E-state index is 0.0522. The molecule has 0 spiro atoms. The molecule has 2 atom stereocenters. The number of aromatic nitrogens is 1. The summed E-state index contributed by atoms with van der Waals surface area (Å²) in [6.45, 7) is 2.04. The minimum atomic E-state index is 0.0522. The molecule has 0 amide bonds. The Morgan fingerprint density at radius 2 is 2.05 bits per heavy atom. The van der Waals surface area contributed by atoms with Crippen LogP contribution in [0.15, 0.2) is 48.7 Å². The summed E-state index contributed by atoms with van der Waals surface area (Å²) in [5.41, 5.74) is 1.21. The third-order valence-corrected chi connectivity index (χ3v) is 3.84. The molecular weight excluding hydrogens is 264 g/mol. The number of pyridine rings is 1. The molecule has 0 bridgehead atoms. The lowest BCUT2D eigenvalue weighted by atomic mass is 9.95. The van der Waals surface area contributed by atoms with Gasteiger partial charge in [0.05, 0.1) is 13.3 Å². The highest BCUT2D eigenvalue weighted by Crippen LogP contribution is 2.32. The first kappa shape index (κ1) is 13.9. The van der Waals surface area contributed by atoms with E-state index in [1.165, 1.54) is 5.56 Å². The van der Waals surface area contributed by atoms with Crippen LogP contribution in [0.1, 0.15) is 18.1 Å². The number of nitrogens with one attached hydrogen (secondary N) is 1. The number of hydrogen-bond donors (Lipinski definition) is 1. The normalized spacial score (nSPS) is 19.2. The van der Waals surface area contributed by atoms with Crippen LogP contribution in [0, 0.1) is 5.92 Å². The fraction of sp³-hybridized carbons (Fsp3) is 0.353. The van der Waals surface area contributed by atoms with Crippen LogP contribution >= 0.6 is 0 Å². The van der Waals surface area contributed by atoms with E-state index >= 15 is 0 Å².